The zero-order chi connectivity index (χ0) is 20.8. The van der Waals surface area contributed by atoms with E-state index in [-0.39, 0.29) is 30.2 Å². The minimum absolute atomic E-state index is 0.0200. The highest BCUT2D eigenvalue weighted by molar-refractivity contribution is 5.89. The molecule has 2 aromatic rings. The standard InChI is InChI=1S/C23H29N3O3/c1-25(2)21(18-10-7-11-20(12-18)29-3)14-24-23(28)19-13-22(27)26(16-19)15-17-8-5-4-6-9-17/h4-12,19,21H,13-16H2,1-3H3,(H,24,28). The van der Waals surface area contributed by atoms with Gasteiger partial charge in [0.05, 0.1) is 19.1 Å². The summed E-state index contributed by atoms with van der Waals surface area (Å²) in [6.45, 7) is 1.49. The van der Waals surface area contributed by atoms with Crippen LogP contribution in [0.2, 0.25) is 0 Å². The van der Waals surface area contributed by atoms with E-state index in [0.717, 1.165) is 16.9 Å². The van der Waals surface area contributed by atoms with Crippen LogP contribution in [-0.2, 0) is 16.1 Å². The first-order chi connectivity index (χ1) is 14.0. The van der Waals surface area contributed by atoms with Gasteiger partial charge >= 0.3 is 0 Å². The van der Waals surface area contributed by atoms with Gasteiger partial charge in [-0.2, -0.15) is 0 Å². The van der Waals surface area contributed by atoms with E-state index in [9.17, 15) is 9.59 Å². The molecule has 0 saturated carbocycles. The molecule has 1 saturated heterocycles. The second kappa shape index (κ2) is 9.56. The third-order valence-electron chi connectivity index (χ3n) is 5.37. The molecule has 1 aliphatic rings. The third-order valence-corrected chi connectivity index (χ3v) is 5.37. The van der Waals surface area contributed by atoms with Gasteiger partial charge < -0.3 is 19.9 Å². The van der Waals surface area contributed by atoms with Gasteiger partial charge in [-0.3, -0.25) is 9.59 Å². The lowest BCUT2D eigenvalue weighted by Crippen LogP contribution is -2.38. The number of carbonyl (C=O) groups is 2. The molecule has 0 aromatic heterocycles. The van der Waals surface area contributed by atoms with Gasteiger partial charge in [-0.15, -0.1) is 0 Å². The van der Waals surface area contributed by atoms with Crippen LogP contribution < -0.4 is 10.1 Å². The highest BCUT2D eigenvalue weighted by Gasteiger charge is 2.34. The van der Waals surface area contributed by atoms with Crippen LogP contribution in [-0.4, -0.2) is 55.9 Å². The topological polar surface area (TPSA) is 61.9 Å². The molecule has 2 unspecified atom stereocenters. The molecule has 1 heterocycles. The number of methoxy groups -OCH3 is 1. The Morgan fingerprint density at radius 2 is 1.97 bits per heavy atom. The number of likely N-dealkylation sites (N-methyl/N-ethyl adjacent to an activating group) is 1. The van der Waals surface area contributed by atoms with Crippen LogP contribution >= 0.6 is 0 Å². The van der Waals surface area contributed by atoms with E-state index < -0.39 is 0 Å². The predicted molar refractivity (Wildman–Crippen MR) is 112 cm³/mol. The van der Waals surface area contributed by atoms with Crippen LogP contribution in [0, 0.1) is 5.92 Å². The van der Waals surface area contributed by atoms with Crippen LogP contribution in [0.25, 0.3) is 0 Å². The number of benzene rings is 2. The molecule has 6 heteroatoms. The van der Waals surface area contributed by atoms with Crippen molar-refractivity contribution in [2.45, 2.75) is 19.0 Å². The van der Waals surface area contributed by atoms with Crippen LogP contribution in [0.5, 0.6) is 5.75 Å². The minimum Gasteiger partial charge on any atom is -0.497 e. The number of ether oxygens (including phenoxy) is 1. The number of rotatable bonds is 8. The number of amides is 2. The highest BCUT2D eigenvalue weighted by atomic mass is 16.5. The molecule has 1 fully saturated rings. The first-order valence-electron chi connectivity index (χ1n) is 9.87. The molecule has 6 nitrogen and oxygen atoms in total. The Morgan fingerprint density at radius 3 is 2.66 bits per heavy atom. The Labute approximate surface area is 172 Å². The minimum atomic E-state index is -0.306. The Kier molecular flexibility index (Phi) is 6.88. The van der Waals surface area contributed by atoms with Gasteiger partial charge in [0.2, 0.25) is 11.8 Å². The summed E-state index contributed by atoms with van der Waals surface area (Å²) in [5.74, 6) is 0.451. The quantitative estimate of drug-likeness (QED) is 0.746. The van der Waals surface area contributed by atoms with E-state index in [2.05, 4.69) is 10.2 Å². The summed E-state index contributed by atoms with van der Waals surface area (Å²) in [6.07, 6.45) is 0.268. The fraction of sp³-hybridized carbons (Fsp3) is 0.391. The van der Waals surface area contributed by atoms with Gasteiger partial charge in [0, 0.05) is 26.1 Å². The molecular weight excluding hydrogens is 366 g/mol. The molecule has 0 radical (unpaired) electrons. The fourth-order valence-corrected chi connectivity index (χ4v) is 3.69. The monoisotopic (exact) mass is 395 g/mol. The maximum atomic E-state index is 12.7. The summed E-state index contributed by atoms with van der Waals surface area (Å²) in [5, 5.41) is 3.05. The molecule has 154 valence electrons. The number of nitrogens with zero attached hydrogens (tertiary/aromatic N) is 2. The summed E-state index contributed by atoms with van der Waals surface area (Å²) in [5.41, 5.74) is 2.15. The second-order valence-electron chi connectivity index (χ2n) is 7.66. The molecule has 2 aromatic carbocycles. The molecule has 2 atom stereocenters. The van der Waals surface area contributed by atoms with Crippen molar-refractivity contribution < 1.29 is 14.3 Å². The van der Waals surface area contributed by atoms with Crippen molar-refractivity contribution in [2.75, 3.05) is 34.3 Å². The summed E-state index contributed by atoms with van der Waals surface area (Å²) in [7, 11) is 5.61. The molecule has 2 amide bonds. The fourth-order valence-electron chi connectivity index (χ4n) is 3.69. The predicted octanol–water partition coefficient (Wildman–Crippen LogP) is 2.46. The number of hydrogen-bond acceptors (Lipinski definition) is 4. The summed E-state index contributed by atoms with van der Waals surface area (Å²) in [6, 6.07) is 17.7. The van der Waals surface area contributed by atoms with Gasteiger partial charge in [-0.25, -0.2) is 0 Å². The van der Waals surface area contributed by atoms with E-state index in [1.54, 1.807) is 12.0 Å². The zero-order valence-electron chi connectivity index (χ0n) is 17.3. The van der Waals surface area contributed by atoms with Crippen molar-refractivity contribution in [1.82, 2.24) is 15.1 Å². The van der Waals surface area contributed by atoms with Crippen LogP contribution in [0.4, 0.5) is 0 Å². The lowest BCUT2D eigenvalue weighted by molar-refractivity contribution is -0.129. The van der Waals surface area contributed by atoms with Crippen LogP contribution in [0.1, 0.15) is 23.6 Å². The van der Waals surface area contributed by atoms with E-state index >= 15 is 0 Å². The lowest BCUT2D eigenvalue weighted by Gasteiger charge is -2.26. The van der Waals surface area contributed by atoms with E-state index in [0.29, 0.717) is 19.6 Å². The van der Waals surface area contributed by atoms with Crippen molar-refractivity contribution in [3.63, 3.8) is 0 Å². The molecule has 3 rings (SSSR count). The van der Waals surface area contributed by atoms with Gasteiger partial charge in [-0.05, 0) is 37.4 Å². The lowest BCUT2D eigenvalue weighted by atomic mass is 10.0. The Bertz CT molecular complexity index is 838. The van der Waals surface area contributed by atoms with Crippen LogP contribution in [0.3, 0.4) is 0 Å². The molecule has 0 aliphatic carbocycles. The van der Waals surface area contributed by atoms with Crippen LogP contribution in [0.15, 0.2) is 54.6 Å². The van der Waals surface area contributed by atoms with Gasteiger partial charge in [-0.1, -0.05) is 42.5 Å². The highest BCUT2D eigenvalue weighted by Crippen LogP contribution is 2.23. The molecule has 29 heavy (non-hydrogen) atoms. The first kappa shape index (κ1) is 20.9. The van der Waals surface area contributed by atoms with Crippen molar-refractivity contribution >= 4 is 11.8 Å². The van der Waals surface area contributed by atoms with Crippen molar-refractivity contribution in [3.8, 4) is 5.75 Å². The first-order valence-corrected chi connectivity index (χ1v) is 9.87. The zero-order valence-corrected chi connectivity index (χ0v) is 17.3. The molecule has 1 N–H and O–H groups in total. The normalized spacial score (nSPS) is 17.4. The molecular formula is C23H29N3O3. The number of carbonyl (C=O) groups excluding carboxylic acids is 2. The molecule has 0 spiro atoms. The van der Waals surface area contributed by atoms with E-state index in [4.69, 9.17) is 4.74 Å². The van der Waals surface area contributed by atoms with Crippen molar-refractivity contribution in [3.05, 3.63) is 65.7 Å². The second-order valence-corrected chi connectivity index (χ2v) is 7.66. The van der Waals surface area contributed by atoms with E-state index in [1.807, 2.05) is 68.7 Å². The molecule has 1 aliphatic heterocycles. The third kappa shape index (κ3) is 5.35. The summed E-state index contributed by atoms with van der Waals surface area (Å²) >= 11 is 0. The smallest absolute Gasteiger partial charge is 0.225 e. The SMILES string of the molecule is COc1cccc(C(CNC(=O)C2CC(=O)N(Cc3ccccc3)C2)N(C)C)c1. The van der Waals surface area contributed by atoms with E-state index in [1.165, 1.54) is 0 Å². The Morgan fingerprint density at radius 1 is 1.21 bits per heavy atom. The average molecular weight is 396 g/mol. The average Bonchev–Trinajstić information content (AvgIpc) is 3.09. The molecule has 0 bridgehead atoms. The van der Waals surface area contributed by atoms with Gasteiger partial charge in [0.25, 0.3) is 0 Å². The largest absolute Gasteiger partial charge is 0.497 e. The summed E-state index contributed by atoms with van der Waals surface area (Å²) in [4.78, 5) is 28.9. The number of likely N-dealkylation sites (tertiary alicyclic amines) is 1. The Balaban J connectivity index is 1.58. The number of nitrogens with one attached hydrogen (secondary N) is 1. The van der Waals surface area contributed by atoms with Gasteiger partial charge in [0.15, 0.2) is 0 Å². The Hall–Kier alpha value is -2.86. The summed E-state index contributed by atoms with van der Waals surface area (Å²) < 4.78 is 5.32. The van der Waals surface area contributed by atoms with Crippen molar-refractivity contribution in [1.29, 1.82) is 0 Å². The number of hydrogen-bond donors (Lipinski definition) is 1. The van der Waals surface area contributed by atoms with Crippen molar-refractivity contribution in [2.24, 2.45) is 5.92 Å². The van der Waals surface area contributed by atoms with Gasteiger partial charge in [0.1, 0.15) is 5.75 Å². The maximum Gasteiger partial charge on any atom is 0.225 e. The maximum absolute atomic E-state index is 12.7.